The first-order chi connectivity index (χ1) is 10.3. The monoisotopic (exact) mass is 313 g/mol. The highest BCUT2D eigenvalue weighted by Crippen LogP contribution is 2.21. The molecule has 2 amide bonds. The van der Waals surface area contributed by atoms with Crippen LogP contribution in [0.5, 0.6) is 0 Å². The minimum atomic E-state index is -0.853. The van der Waals surface area contributed by atoms with Crippen LogP contribution in [0.3, 0.4) is 0 Å². The van der Waals surface area contributed by atoms with Gasteiger partial charge in [0.05, 0.1) is 12.5 Å². The van der Waals surface area contributed by atoms with E-state index in [1.54, 1.807) is 0 Å². The summed E-state index contributed by atoms with van der Waals surface area (Å²) in [5, 5.41) is 5.15. The molecule has 1 rings (SSSR count). The Hall–Kier alpha value is -2.02. The van der Waals surface area contributed by atoms with Crippen molar-refractivity contribution in [2.45, 2.75) is 38.8 Å². The highest BCUT2D eigenvalue weighted by Gasteiger charge is 2.20. The summed E-state index contributed by atoms with van der Waals surface area (Å²) in [5.74, 6) is -2.27. The van der Waals surface area contributed by atoms with E-state index in [0.29, 0.717) is 13.0 Å². The summed E-state index contributed by atoms with van der Waals surface area (Å²) in [5.41, 5.74) is 5.65. The third-order valence-electron chi connectivity index (χ3n) is 3.03. The van der Waals surface area contributed by atoms with Gasteiger partial charge in [-0.25, -0.2) is 8.78 Å². The molecule has 2 atom stereocenters. The summed E-state index contributed by atoms with van der Waals surface area (Å²) in [6, 6.07) is 2.13. The Morgan fingerprint density at radius 3 is 2.55 bits per heavy atom. The maximum atomic E-state index is 13.8. The van der Waals surface area contributed by atoms with Gasteiger partial charge in [-0.3, -0.25) is 9.59 Å². The molecule has 0 aliphatic heterocycles. The second kappa shape index (κ2) is 8.43. The number of carbonyl (C=O) groups is 2. The molecule has 5 nitrogen and oxygen atoms in total. The first-order valence-corrected chi connectivity index (χ1v) is 7.04. The average Bonchev–Trinajstić information content (AvgIpc) is 2.36. The molecule has 1 aromatic carbocycles. The number of benzene rings is 1. The molecule has 0 saturated heterocycles. The van der Waals surface area contributed by atoms with Crippen LogP contribution in [0.25, 0.3) is 0 Å². The molecule has 0 aliphatic carbocycles. The number of hydrogen-bond acceptors (Lipinski definition) is 3. The number of nitrogens with one attached hydrogen (secondary N) is 2. The lowest BCUT2D eigenvalue weighted by Crippen LogP contribution is -2.34. The second-order valence-corrected chi connectivity index (χ2v) is 5.24. The van der Waals surface area contributed by atoms with Crippen molar-refractivity contribution in [2.75, 3.05) is 6.54 Å². The van der Waals surface area contributed by atoms with Crippen LogP contribution < -0.4 is 16.4 Å². The van der Waals surface area contributed by atoms with E-state index in [4.69, 9.17) is 5.73 Å². The van der Waals surface area contributed by atoms with Crippen molar-refractivity contribution in [1.82, 2.24) is 10.6 Å². The van der Waals surface area contributed by atoms with E-state index in [1.807, 2.05) is 6.92 Å². The largest absolute Gasteiger partial charge is 0.356 e. The van der Waals surface area contributed by atoms with Gasteiger partial charge < -0.3 is 16.4 Å². The second-order valence-electron chi connectivity index (χ2n) is 5.24. The molecule has 0 fully saturated rings. The molecule has 122 valence electrons. The quantitative estimate of drug-likeness (QED) is 0.711. The summed E-state index contributed by atoms with van der Waals surface area (Å²) < 4.78 is 26.8. The maximum Gasteiger partial charge on any atom is 0.222 e. The number of amides is 2. The van der Waals surface area contributed by atoms with Gasteiger partial charge in [0.25, 0.3) is 0 Å². The van der Waals surface area contributed by atoms with Crippen LogP contribution in [0.15, 0.2) is 18.2 Å². The Labute approximate surface area is 128 Å². The molecule has 7 heteroatoms. The van der Waals surface area contributed by atoms with E-state index in [2.05, 4.69) is 10.6 Å². The van der Waals surface area contributed by atoms with Gasteiger partial charge in [-0.15, -0.1) is 0 Å². The standard InChI is InChI=1S/C15H21F2N3O2/c1-9(18)5-6-19-15(22)8-14(20-10(2)21)12-4-3-11(16)7-13(12)17/h3-4,7,9,14H,5-6,8,18H2,1-2H3,(H,19,22)(H,20,21). The predicted octanol–water partition coefficient (Wildman–Crippen LogP) is 1.39. The Morgan fingerprint density at radius 2 is 2.00 bits per heavy atom. The predicted molar refractivity (Wildman–Crippen MR) is 78.8 cm³/mol. The zero-order valence-corrected chi connectivity index (χ0v) is 12.7. The van der Waals surface area contributed by atoms with Crippen molar-refractivity contribution >= 4 is 11.8 Å². The number of rotatable bonds is 7. The summed E-state index contributed by atoms with van der Waals surface area (Å²) in [4.78, 5) is 23.1. The van der Waals surface area contributed by atoms with Gasteiger partial charge in [0.1, 0.15) is 11.6 Å². The fraction of sp³-hybridized carbons (Fsp3) is 0.467. The third kappa shape index (κ3) is 6.17. The fourth-order valence-corrected chi connectivity index (χ4v) is 1.97. The van der Waals surface area contributed by atoms with Gasteiger partial charge in [0, 0.05) is 31.1 Å². The topological polar surface area (TPSA) is 84.2 Å². The molecular formula is C15H21F2N3O2. The molecular weight excluding hydrogens is 292 g/mol. The molecule has 0 bridgehead atoms. The van der Waals surface area contributed by atoms with Gasteiger partial charge in [0.15, 0.2) is 0 Å². The van der Waals surface area contributed by atoms with Gasteiger partial charge in [-0.1, -0.05) is 6.07 Å². The molecule has 0 heterocycles. The van der Waals surface area contributed by atoms with Crippen LogP contribution in [0.1, 0.15) is 38.3 Å². The normalized spacial score (nSPS) is 13.3. The Morgan fingerprint density at radius 1 is 1.32 bits per heavy atom. The number of halogens is 2. The smallest absolute Gasteiger partial charge is 0.222 e. The van der Waals surface area contributed by atoms with Gasteiger partial charge in [-0.2, -0.15) is 0 Å². The minimum absolute atomic E-state index is 0.0408. The minimum Gasteiger partial charge on any atom is -0.356 e. The first-order valence-electron chi connectivity index (χ1n) is 7.04. The molecule has 2 unspecified atom stereocenters. The van der Waals surface area contributed by atoms with Gasteiger partial charge in [0.2, 0.25) is 11.8 Å². The molecule has 0 saturated carbocycles. The highest BCUT2D eigenvalue weighted by atomic mass is 19.1. The molecule has 22 heavy (non-hydrogen) atoms. The molecule has 0 spiro atoms. The first kappa shape index (κ1) is 18.0. The number of carbonyl (C=O) groups excluding carboxylic acids is 2. The Bertz CT molecular complexity index is 536. The number of hydrogen-bond donors (Lipinski definition) is 3. The van der Waals surface area contributed by atoms with Crippen molar-refractivity contribution in [1.29, 1.82) is 0 Å². The van der Waals surface area contributed by atoms with Crippen LogP contribution in [0.2, 0.25) is 0 Å². The Kier molecular flexibility index (Phi) is 6.91. The molecule has 1 aromatic rings. The van der Waals surface area contributed by atoms with Crippen LogP contribution in [0, 0.1) is 11.6 Å². The summed E-state index contributed by atoms with van der Waals surface area (Å²) >= 11 is 0. The maximum absolute atomic E-state index is 13.8. The van der Waals surface area contributed by atoms with E-state index in [0.717, 1.165) is 12.1 Å². The average molecular weight is 313 g/mol. The summed E-state index contributed by atoms with van der Waals surface area (Å²) in [6.07, 6.45) is 0.475. The van der Waals surface area contributed by atoms with E-state index in [-0.39, 0.29) is 23.9 Å². The summed E-state index contributed by atoms with van der Waals surface area (Å²) in [7, 11) is 0. The lowest BCUT2D eigenvalue weighted by atomic mass is 10.0. The SMILES string of the molecule is CC(=O)NC(CC(=O)NCCC(C)N)c1ccc(F)cc1F. The van der Waals surface area contributed by atoms with E-state index >= 15 is 0 Å². The fourth-order valence-electron chi connectivity index (χ4n) is 1.97. The number of nitrogens with two attached hydrogens (primary N) is 1. The highest BCUT2D eigenvalue weighted by molar-refractivity contribution is 5.79. The Balaban J connectivity index is 2.76. The van der Waals surface area contributed by atoms with E-state index < -0.39 is 23.6 Å². The van der Waals surface area contributed by atoms with Crippen LogP contribution in [0.4, 0.5) is 8.78 Å². The molecule has 0 radical (unpaired) electrons. The lowest BCUT2D eigenvalue weighted by Gasteiger charge is -2.19. The van der Waals surface area contributed by atoms with E-state index in [1.165, 1.54) is 13.0 Å². The molecule has 0 aromatic heterocycles. The van der Waals surface area contributed by atoms with Gasteiger partial charge in [-0.05, 0) is 19.4 Å². The lowest BCUT2D eigenvalue weighted by molar-refractivity contribution is -0.122. The zero-order chi connectivity index (χ0) is 16.7. The molecule has 0 aliphatic rings. The van der Waals surface area contributed by atoms with Crippen LogP contribution >= 0.6 is 0 Å². The third-order valence-corrected chi connectivity index (χ3v) is 3.03. The van der Waals surface area contributed by atoms with Crippen molar-refractivity contribution in [3.8, 4) is 0 Å². The van der Waals surface area contributed by atoms with Crippen molar-refractivity contribution in [2.24, 2.45) is 5.73 Å². The molecule has 4 N–H and O–H groups in total. The van der Waals surface area contributed by atoms with Crippen LogP contribution in [-0.2, 0) is 9.59 Å². The van der Waals surface area contributed by atoms with Crippen LogP contribution in [-0.4, -0.2) is 24.4 Å². The zero-order valence-electron chi connectivity index (χ0n) is 12.7. The summed E-state index contributed by atoms with van der Waals surface area (Å²) in [6.45, 7) is 3.48. The van der Waals surface area contributed by atoms with Gasteiger partial charge >= 0.3 is 0 Å². The van der Waals surface area contributed by atoms with Crippen molar-refractivity contribution in [3.05, 3.63) is 35.4 Å². The van der Waals surface area contributed by atoms with Crippen molar-refractivity contribution in [3.63, 3.8) is 0 Å². The van der Waals surface area contributed by atoms with E-state index in [9.17, 15) is 18.4 Å². The van der Waals surface area contributed by atoms with Crippen molar-refractivity contribution < 1.29 is 18.4 Å².